The zero-order valence-electron chi connectivity index (χ0n) is 13.2. The fraction of sp³-hybridized carbons (Fsp3) is 0.588. The predicted octanol–water partition coefficient (Wildman–Crippen LogP) is 2.12. The van der Waals surface area contributed by atoms with Gasteiger partial charge < -0.3 is 4.74 Å². The lowest BCUT2D eigenvalue weighted by molar-refractivity contribution is -0.0554. The summed E-state index contributed by atoms with van der Waals surface area (Å²) in [4.78, 5) is 2.35. The number of ether oxygens (including phenoxy) is 1. The molecule has 0 saturated carbocycles. The number of benzene rings is 1. The number of morpholine rings is 1. The maximum absolute atomic E-state index is 9.87. The van der Waals surface area contributed by atoms with Gasteiger partial charge in [0.2, 0.25) is 0 Å². The molecule has 1 heterocycles. The van der Waals surface area contributed by atoms with Gasteiger partial charge in [-0.3, -0.25) is 10.2 Å². The van der Waals surface area contributed by atoms with Crippen molar-refractivity contribution < 1.29 is 4.74 Å². The van der Waals surface area contributed by atoms with Crippen LogP contribution < -0.4 is 5.32 Å². The summed E-state index contributed by atoms with van der Waals surface area (Å²) in [6.45, 7) is 9.31. The van der Waals surface area contributed by atoms with Crippen molar-refractivity contribution in [3.05, 3.63) is 35.9 Å². The Morgan fingerprint density at radius 3 is 2.71 bits per heavy atom. The fourth-order valence-electron chi connectivity index (χ4n) is 2.91. The predicted molar refractivity (Wildman–Crippen MR) is 83.9 cm³/mol. The summed E-state index contributed by atoms with van der Waals surface area (Å²) in [6.07, 6.45) is 0.218. The van der Waals surface area contributed by atoms with Crippen molar-refractivity contribution in [3.63, 3.8) is 0 Å². The van der Waals surface area contributed by atoms with Crippen LogP contribution in [-0.4, -0.2) is 43.3 Å². The van der Waals surface area contributed by atoms with Gasteiger partial charge in [0.15, 0.2) is 0 Å². The highest BCUT2D eigenvalue weighted by molar-refractivity contribution is 5.32. The van der Waals surface area contributed by atoms with Gasteiger partial charge in [-0.25, -0.2) is 0 Å². The Balaban J connectivity index is 2.26. The van der Waals surface area contributed by atoms with Crippen molar-refractivity contribution in [1.82, 2.24) is 10.2 Å². The average molecular weight is 287 g/mol. The summed E-state index contributed by atoms with van der Waals surface area (Å²) in [7, 11) is 0. The highest BCUT2D eigenvalue weighted by Crippen LogP contribution is 2.24. The minimum atomic E-state index is -0.665. The third kappa shape index (κ3) is 3.62. The molecule has 2 rings (SSSR count). The number of rotatable bonds is 5. The van der Waals surface area contributed by atoms with Gasteiger partial charge in [-0.15, -0.1) is 0 Å². The van der Waals surface area contributed by atoms with E-state index in [0.717, 1.165) is 25.3 Å². The normalized spacial score (nSPS) is 26.0. The molecule has 1 N–H and O–H groups in total. The second-order valence-corrected chi connectivity index (χ2v) is 5.84. The first kappa shape index (κ1) is 16.0. The van der Waals surface area contributed by atoms with E-state index in [4.69, 9.17) is 4.74 Å². The molecule has 0 radical (unpaired) electrons. The quantitative estimate of drug-likeness (QED) is 0.901. The van der Waals surface area contributed by atoms with Gasteiger partial charge in [0, 0.05) is 19.1 Å². The minimum Gasteiger partial charge on any atom is -0.376 e. The Labute approximate surface area is 127 Å². The van der Waals surface area contributed by atoms with E-state index in [-0.39, 0.29) is 6.10 Å². The summed E-state index contributed by atoms with van der Waals surface area (Å²) < 4.78 is 5.69. The van der Waals surface area contributed by atoms with Crippen LogP contribution in [0, 0.1) is 11.3 Å². The van der Waals surface area contributed by atoms with Gasteiger partial charge in [0.05, 0.1) is 18.8 Å². The van der Waals surface area contributed by atoms with Crippen molar-refractivity contribution >= 4 is 0 Å². The van der Waals surface area contributed by atoms with Crippen molar-refractivity contribution in [3.8, 4) is 6.07 Å². The van der Waals surface area contributed by atoms with Crippen molar-refractivity contribution in [2.75, 3.05) is 26.2 Å². The first-order valence-corrected chi connectivity index (χ1v) is 7.68. The van der Waals surface area contributed by atoms with E-state index in [1.54, 1.807) is 0 Å². The monoisotopic (exact) mass is 287 g/mol. The molecule has 3 atom stereocenters. The average Bonchev–Trinajstić information content (AvgIpc) is 2.51. The number of nitriles is 1. The molecule has 3 unspecified atom stereocenters. The van der Waals surface area contributed by atoms with E-state index >= 15 is 0 Å². The maximum atomic E-state index is 9.87. The Kier molecular flexibility index (Phi) is 5.35. The Morgan fingerprint density at radius 2 is 2.10 bits per heavy atom. The molecule has 0 bridgehead atoms. The number of nitrogens with zero attached hydrogens (tertiary/aromatic N) is 2. The molecule has 1 aliphatic heterocycles. The molecule has 4 heteroatoms. The zero-order chi connectivity index (χ0) is 15.3. The van der Waals surface area contributed by atoms with Crippen LogP contribution in [0.15, 0.2) is 30.3 Å². The first-order valence-electron chi connectivity index (χ1n) is 7.68. The fourth-order valence-corrected chi connectivity index (χ4v) is 2.91. The van der Waals surface area contributed by atoms with Gasteiger partial charge in [0.25, 0.3) is 0 Å². The van der Waals surface area contributed by atoms with Gasteiger partial charge in [0.1, 0.15) is 5.54 Å². The Morgan fingerprint density at radius 1 is 1.38 bits per heavy atom. The molecule has 4 nitrogen and oxygen atoms in total. The van der Waals surface area contributed by atoms with E-state index in [0.29, 0.717) is 12.6 Å². The summed E-state index contributed by atoms with van der Waals surface area (Å²) in [6, 6.07) is 12.9. The van der Waals surface area contributed by atoms with Crippen molar-refractivity contribution in [1.29, 1.82) is 5.26 Å². The highest BCUT2D eigenvalue weighted by Gasteiger charge is 2.36. The minimum absolute atomic E-state index is 0.218. The summed E-state index contributed by atoms with van der Waals surface area (Å²) in [5.41, 5.74) is 0.363. The molecule has 0 aromatic heterocycles. The highest BCUT2D eigenvalue weighted by atomic mass is 16.5. The third-order valence-corrected chi connectivity index (χ3v) is 4.11. The molecule has 1 saturated heterocycles. The first-order chi connectivity index (χ1) is 10.1. The molecule has 0 spiro atoms. The van der Waals surface area contributed by atoms with Crippen LogP contribution in [0.4, 0.5) is 0 Å². The molecule has 114 valence electrons. The lowest BCUT2D eigenvalue weighted by atomic mass is 9.89. The van der Waals surface area contributed by atoms with Crippen LogP contribution in [0.5, 0.6) is 0 Å². The lowest BCUT2D eigenvalue weighted by Gasteiger charge is -2.41. The van der Waals surface area contributed by atoms with Crippen molar-refractivity contribution in [2.24, 2.45) is 0 Å². The van der Waals surface area contributed by atoms with E-state index in [1.807, 2.05) is 37.3 Å². The van der Waals surface area contributed by atoms with Crippen molar-refractivity contribution in [2.45, 2.75) is 38.5 Å². The molecule has 0 amide bonds. The van der Waals surface area contributed by atoms with Gasteiger partial charge in [-0.05, 0) is 26.0 Å². The third-order valence-electron chi connectivity index (χ3n) is 4.11. The van der Waals surface area contributed by atoms with E-state index < -0.39 is 5.54 Å². The van der Waals surface area contributed by atoms with Gasteiger partial charge in [-0.1, -0.05) is 37.3 Å². The zero-order valence-corrected chi connectivity index (χ0v) is 13.2. The molecule has 0 aliphatic carbocycles. The molecular formula is C17H25N3O. The van der Waals surface area contributed by atoms with E-state index in [1.165, 1.54) is 0 Å². The molecule has 21 heavy (non-hydrogen) atoms. The smallest absolute Gasteiger partial charge is 0.145 e. The number of likely N-dealkylation sites (N-methyl/N-ethyl adjacent to an activating group) is 1. The second kappa shape index (κ2) is 7.04. The van der Waals surface area contributed by atoms with Crippen LogP contribution in [0.1, 0.15) is 26.3 Å². The molecule has 1 aromatic rings. The van der Waals surface area contributed by atoms with Crippen LogP contribution in [0.2, 0.25) is 0 Å². The maximum Gasteiger partial charge on any atom is 0.145 e. The summed E-state index contributed by atoms with van der Waals surface area (Å²) in [5.74, 6) is 0. The topological polar surface area (TPSA) is 48.3 Å². The molecule has 1 aliphatic rings. The van der Waals surface area contributed by atoms with Crippen LogP contribution in [-0.2, 0) is 10.3 Å². The number of nitrogens with one attached hydrogen (secondary N) is 1. The van der Waals surface area contributed by atoms with Gasteiger partial charge in [-0.2, -0.15) is 5.26 Å². The van der Waals surface area contributed by atoms with Crippen LogP contribution >= 0.6 is 0 Å². The molecule has 1 fully saturated rings. The number of hydrogen-bond acceptors (Lipinski definition) is 4. The largest absolute Gasteiger partial charge is 0.376 e. The van der Waals surface area contributed by atoms with Crippen LogP contribution in [0.3, 0.4) is 0 Å². The summed E-state index contributed by atoms with van der Waals surface area (Å²) in [5, 5.41) is 13.3. The second-order valence-electron chi connectivity index (χ2n) is 5.84. The summed E-state index contributed by atoms with van der Waals surface area (Å²) >= 11 is 0. The Hall–Kier alpha value is -1.41. The lowest BCUT2D eigenvalue weighted by Crippen LogP contribution is -2.56. The van der Waals surface area contributed by atoms with E-state index in [9.17, 15) is 5.26 Å². The SMILES string of the molecule is CCNC(C#N)(CN1CC(C)OCC1C)c1ccccc1. The van der Waals surface area contributed by atoms with Crippen LogP contribution in [0.25, 0.3) is 0 Å². The molecule has 1 aromatic carbocycles. The molecular weight excluding hydrogens is 262 g/mol. The van der Waals surface area contributed by atoms with Gasteiger partial charge >= 0.3 is 0 Å². The van der Waals surface area contributed by atoms with E-state index in [2.05, 4.69) is 30.1 Å². The number of hydrogen-bond donors (Lipinski definition) is 1. The Bertz CT molecular complexity index is 485. The standard InChI is InChI=1S/C17H25N3O/c1-4-19-17(12-18,16-8-6-5-7-9-16)13-20-10-15(3)21-11-14(20)2/h5-9,14-15,19H,4,10-11,13H2,1-3H3.